The first-order valence-electron chi connectivity index (χ1n) is 7.80. The maximum atomic E-state index is 12.8. The molecule has 0 spiro atoms. The lowest BCUT2D eigenvalue weighted by Crippen LogP contribution is -2.22. The zero-order valence-corrected chi connectivity index (χ0v) is 15.3. The van der Waals surface area contributed by atoms with Gasteiger partial charge >= 0.3 is 0 Å². The Morgan fingerprint density at radius 3 is 2.56 bits per heavy atom. The van der Waals surface area contributed by atoms with E-state index < -0.39 is 0 Å². The second-order valence-corrected chi connectivity index (χ2v) is 7.46. The van der Waals surface area contributed by atoms with E-state index in [0.717, 1.165) is 16.8 Å². The standard InChI is InChI=1S/C19H13Cl3N2O/c20-11-2-4-15-12(8-11)19(23)18-16(24-15)6-10(7-17(18)25)9-1-3-13(21)14(22)5-9/h1-5,8,10H,6-7H2,(H2,23,24). The van der Waals surface area contributed by atoms with E-state index in [-0.39, 0.29) is 11.7 Å². The van der Waals surface area contributed by atoms with Gasteiger partial charge in [-0.1, -0.05) is 40.9 Å². The number of carbonyl (C=O) groups is 1. The molecule has 0 bridgehead atoms. The number of nitrogen functional groups attached to an aromatic ring is 1. The summed E-state index contributed by atoms with van der Waals surface area (Å²) in [7, 11) is 0. The maximum Gasteiger partial charge on any atom is 0.167 e. The van der Waals surface area contributed by atoms with Crippen molar-refractivity contribution in [1.29, 1.82) is 0 Å². The van der Waals surface area contributed by atoms with Crippen LogP contribution in [0.2, 0.25) is 15.1 Å². The first-order chi connectivity index (χ1) is 11.9. The molecule has 0 saturated carbocycles. The van der Waals surface area contributed by atoms with Crippen LogP contribution in [-0.2, 0) is 6.42 Å². The molecule has 1 aromatic heterocycles. The number of Topliss-reactive ketones (excluding diaryl/α,β-unsaturated/α-hetero) is 1. The molecule has 0 amide bonds. The van der Waals surface area contributed by atoms with E-state index in [4.69, 9.17) is 40.5 Å². The minimum Gasteiger partial charge on any atom is -0.398 e. The highest BCUT2D eigenvalue weighted by molar-refractivity contribution is 6.42. The van der Waals surface area contributed by atoms with E-state index in [1.165, 1.54) is 0 Å². The predicted octanol–water partition coefficient (Wildman–Crippen LogP) is 5.69. The highest BCUT2D eigenvalue weighted by Crippen LogP contribution is 2.38. The summed E-state index contributed by atoms with van der Waals surface area (Å²) in [5.41, 5.74) is 9.68. The van der Waals surface area contributed by atoms with Crippen molar-refractivity contribution >= 4 is 57.2 Å². The molecule has 1 unspecified atom stereocenters. The Hall–Kier alpha value is -1.81. The van der Waals surface area contributed by atoms with Gasteiger partial charge in [0, 0.05) is 16.8 Å². The van der Waals surface area contributed by atoms with Crippen molar-refractivity contribution in [2.45, 2.75) is 18.8 Å². The first kappa shape index (κ1) is 16.6. The third kappa shape index (κ3) is 2.86. The Bertz CT molecular complexity index is 1030. The lowest BCUT2D eigenvalue weighted by molar-refractivity contribution is 0.0964. The number of aromatic nitrogens is 1. The minimum atomic E-state index is -0.0100. The number of fused-ring (bicyclic) bond motifs is 2. The van der Waals surface area contributed by atoms with Crippen LogP contribution in [0.5, 0.6) is 0 Å². The number of hydrogen-bond acceptors (Lipinski definition) is 3. The second-order valence-electron chi connectivity index (χ2n) is 6.21. The fourth-order valence-corrected chi connectivity index (χ4v) is 3.88. The lowest BCUT2D eigenvalue weighted by atomic mass is 9.80. The van der Waals surface area contributed by atoms with Crippen LogP contribution in [0.25, 0.3) is 10.9 Å². The predicted molar refractivity (Wildman–Crippen MR) is 103 cm³/mol. The summed E-state index contributed by atoms with van der Waals surface area (Å²) in [6, 6.07) is 10.8. The van der Waals surface area contributed by atoms with Crippen LogP contribution in [0.15, 0.2) is 36.4 Å². The molecule has 2 N–H and O–H groups in total. The second kappa shape index (κ2) is 6.17. The molecule has 3 aromatic rings. The minimum absolute atomic E-state index is 0.00594. The Labute approximate surface area is 159 Å². The monoisotopic (exact) mass is 390 g/mol. The highest BCUT2D eigenvalue weighted by atomic mass is 35.5. The van der Waals surface area contributed by atoms with E-state index in [9.17, 15) is 4.79 Å². The molecule has 25 heavy (non-hydrogen) atoms. The molecule has 1 atom stereocenters. The van der Waals surface area contributed by atoms with Crippen LogP contribution in [0, 0.1) is 0 Å². The zero-order valence-electron chi connectivity index (χ0n) is 13.0. The Balaban J connectivity index is 1.82. The van der Waals surface area contributed by atoms with Crippen LogP contribution in [0.3, 0.4) is 0 Å². The van der Waals surface area contributed by atoms with Gasteiger partial charge in [-0.05, 0) is 48.2 Å². The summed E-state index contributed by atoms with van der Waals surface area (Å²) in [5.74, 6) is -0.00406. The normalized spacial score (nSPS) is 16.9. The smallest absolute Gasteiger partial charge is 0.167 e. The van der Waals surface area contributed by atoms with Crippen molar-refractivity contribution in [3.63, 3.8) is 0 Å². The van der Waals surface area contributed by atoms with Crippen LogP contribution >= 0.6 is 34.8 Å². The Kier molecular flexibility index (Phi) is 4.11. The molecule has 0 fully saturated rings. The number of rotatable bonds is 1. The molecule has 4 rings (SSSR count). The SMILES string of the molecule is Nc1c2c(nc3ccc(Cl)cc13)CC(c1ccc(Cl)c(Cl)c1)CC2=O. The summed E-state index contributed by atoms with van der Waals surface area (Å²) < 4.78 is 0. The third-order valence-electron chi connectivity index (χ3n) is 4.63. The zero-order chi connectivity index (χ0) is 17.7. The van der Waals surface area contributed by atoms with Gasteiger partial charge in [-0.15, -0.1) is 0 Å². The Morgan fingerprint density at radius 1 is 1.00 bits per heavy atom. The number of benzene rings is 2. The average molecular weight is 392 g/mol. The summed E-state index contributed by atoms with van der Waals surface area (Å²) in [6.45, 7) is 0. The summed E-state index contributed by atoms with van der Waals surface area (Å²) >= 11 is 18.2. The number of pyridine rings is 1. The molecular weight excluding hydrogens is 379 g/mol. The molecule has 0 aliphatic heterocycles. The van der Waals surface area contributed by atoms with Crippen molar-refractivity contribution in [3.05, 3.63) is 68.3 Å². The lowest BCUT2D eigenvalue weighted by Gasteiger charge is -2.25. The molecule has 126 valence electrons. The summed E-state index contributed by atoms with van der Waals surface area (Å²) in [5, 5.41) is 2.27. The van der Waals surface area contributed by atoms with Gasteiger partial charge in [0.05, 0.1) is 32.5 Å². The molecule has 3 nitrogen and oxygen atoms in total. The quantitative estimate of drug-likeness (QED) is 0.579. The van der Waals surface area contributed by atoms with E-state index in [1.807, 2.05) is 18.2 Å². The summed E-state index contributed by atoms with van der Waals surface area (Å²) in [6.07, 6.45) is 0.991. The van der Waals surface area contributed by atoms with Gasteiger partial charge in [-0.25, -0.2) is 0 Å². The van der Waals surface area contributed by atoms with Crippen LogP contribution < -0.4 is 5.73 Å². The molecule has 6 heteroatoms. The van der Waals surface area contributed by atoms with E-state index in [2.05, 4.69) is 4.98 Å². The van der Waals surface area contributed by atoms with Gasteiger partial charge in [0.2, 0.25) is 0 Å². The molecule has 1 heterocycles. The van der Waals surface area contributed by atoms with Crippen molar-refractivity contribution in [2.75, 3.05) is 5.73 Å². The molecule has 0 saturated heterocycles. The number of halogens is 3. The average Bonchev–Trinajstić information content (AvgIpc) is 2.57. The number of carbonyl (C=O) groups excluding carboxylic acids is 1. The van der Waals surface area contributed by atoms with Gasteiger partial charge in [0.25, 0.3) is 0 Å². The molecule has 0 radical (unpaired) electrons. The van der Waals surface area contributed by atoms with Crippen molar-refractivity contribution in [1.82, 2.24) is 4.98 Å². The van der Waals surface area contributed by atoms with Crippen LogP contribution in [0.1, 0.15) is 34.0 Å². The van der Waals surface area contributed by atoms with Crippen molar-refractivity contribution in [3.8, 4) is 0 Å². The first-order valence-corrected chi connectivity index (χ1v) is 8.93. The highest BCUT2D eigenvalue weighted by Gasteiger charge is 2.30. The van der Waals surface area contributed by atoms with Crippen molar-refractivity contribution < 1.29 is 4.79 Å². The maximum absolute atomic E-state index is 12.8. The number of ketones is 1. The molecule has 1 aliphatic rings. The van der Waals surface area contributed by atoms with Gasteiger partial charge in [0.15, 0.2) is 5.78 Å². The van der Waals surface area contributed by atoms with E-state index >= 15 is 0 Å². The van der Waals surface area contributed by atoms with Crippen LogP contribution in [-0.4, -0.2) is 10.8 Å². The van der Waals surface area contributed by atoms with Gasteiger partial charge in [-0.2, -0.15) is 0 Å². The number of hydrogen-bond donors (Lipinski definition) is 1. The third-order valence-corrected chi connectivity index (χ3v) is 5.60. The topological polar surface area (TPSA) is 56.0 Å². The largest absolute Gasteiger partial charge is 0.398 e. The fourth-order valence-electron chi connectivity index (χ4n) is 3.41. The number of anilines is 1. The molecule has 2 aromatic carbocycles. The van der Waals surface area contributed by atoms with Gasteiger partial charge in [-0.3, -0.25) is 9.78 Å². The van der Waals surface area contributed by atoms with Gasteiger partial charge < -0.3 is 5.73 Å². The summed E-state index contributed by atoms with van der Waals surface area (Å²) in [4.78, 5) is 17.4. The van der Waals surface area contributed by atoms with Gasteiger partial charge in [0.1, 0.15) is 0 Å². The fraction of sp³-hybridized carbons (Fsp3) is 0.158. The molecule has 1 aliphatic carbocycles. The number of nitrogens with zero attached hydrogens (tertiary/aromatic N) is 1. The van der Waals surface area contributed by atoms with Crippen LogP contribution in [0.4, 0.5) is 5.69 Å². The van der Waals surface area contributed by atoms with E-state index in [1.54, 1.807) is 18.2 Å². The Morgan fingerprint density at radius 2 is 1.80 bits per heavy atom. The number of nitrogens with two attached hydrogens (primary N) is 1. The van der Waals surface area contributed by atoms with E-state index in [0.29, 0.717) is 44.5 Å². The molecular formula is C19H13Cl3N2O. The van der Waals surface area contributed by atoms with Crippen molar-refractivity contribution in [2.24, 2.45) is 0 Å².